The van der Waals surface area contributed by atoms with Crippen LogP contribution in [0.3, 0.4) is 0 Å². The molecule has 8 nitrogen and oxygen atoms in total. The number of fused-ring (bicyclic) bond motifs is 1. The third-order valence-corrected chi connectivity index (χ3v) is 3.77. The average Bonchev–Trinajstić information content (AvgIpc) is 2.87. The van der Waals surface area contributed by atoms with E-state index in [2.05, 4.69) is 25.2 Å². The molecule has 22 heavy (non-hydrogen) atoms. The summed E-state index contributed by atoms with van der Waals surface area (Å²) in [6.45, 7) is 1.98. The Hall–Kier alpha value is -2.90. The molecule has 4 rings (SSSR count). The van der Waals surface area contributed by atoms with Gasteiger partial charge < -0.3 is 15.4 Å². The van der Waals surface area contributed by atoms with Crippen LogP contribution in [0.5, 0.6) is 5.75 Å². The molecule has 0 spiro atoms. The van der Waals surface area contributed by atoms with Crippen LogP contribution in [0.4, 0.5) is 11.8 Å². The van der Waals surface area contributed by atoms with Crippen LogP contribution in [-0.4, -0.2) is 45.2 Å². The summed E-state index contributed by atoms with van der Waals surface area (Å²) >= 11 is 0. The quantitative estimate of drug-likeness (QED) is 0.770. The summed E-state index contributed by atoms with van der Waals surface area (Å²) in [5.41, 5.74) is 7.42. The molecule has 1 saturated heterocycles. The number of methoxy groups -OCH3 is 1. The zero-order chi connectivity index (χ0) is 15.1. The number of nitrogens with two attached hydrogens (primary N) is 1. The zero-order valence-electron chi connectivity index (χ0n) is 12.1. The molecule has 0 radical (unpaired) electrons. The molecule has 1 aliphatic heterocycles. The van der Waals surface area contributed by atoms with Gasteiger partial charge in [-0.15, -0.1) is 5.10 Å². The number of anilines is 2. The Morgan fingerprint density at radius 3 is 2.68 bits per heavy atom. The molecule has 0 bridgehead atoms. The molecule has 112 valence electrons. The minimum atomic E-state index is 0.233. The molecule has 1 aliphatic rings. The number of ether oxygens (including phenoxy) is 1. The molecule has 2 N–H and O–H groups in total. The normalized spacial score (nSPS) is 14.1. The fourth-order valence-electron chi connectivity index (χ4n) is 2.46. The number of rotatable bonds is 3. The number of hydrogen-bond donors (Lipinski definition) is 1. The first-order valence-electron chi connectivity index (χ1n) is 7.04. The van der Waals surface area contributed by atoms with E-state index in [1.165, 1.54) is 6.42 Å². The fraction of sp³-hybridized carbons (Fsp3) is 0.286. The third-order valence-electron chi connectivity index (χ3n) is 3.77. The number of benzene rings is 1. The van der Waals surface area contributed by atoms with E-state index in [0.29, 0.717) is 5.82 Å². The first-order chi connectivity index (χ1) is 10.7. The third kappa shape index (κ3) is 2.00. The summed E-state index contributed by atoms with van der Waals surface area (Å²) in [6.07, 6.45) is 1.17. The minimum Gasteiger partial charge on any atom is -0.497 e. The molecule has 2 aromatic heterocycles. The number of nitrogen functional groups attached to an aromatic ring is 1. The van der Waals surface area contributed by atoms with Crippen molar-refractivity contribution in [2.75, 3.05) is 30.8 Å². The maximum Gasteiger partial charge on any atom is 0.224 e. The van der Waals surface area contributed by atoms with E-state index < -0.39 is 0 Å². The molecule has 3 aromatic rings. The van der Waals surface area contributed by atoms with Gasteiger partial charge in [0.25, 0.3) is 0 Å². The van der Waals surface area contributed by atoms with Crippen molar-refractivity contribution < 1.29 is 4.74 Å². The van der Waals surface area contributed by atoms with Crippen LogP contribution in [-0.2, 0) is 0 Å². The molecule has 1 fully saturated rings. The average molecular weight is 297 g/mol. The Morgan fingerprint density at radius 1 is 1.14 bits per heavy atom. The van der Waals surface area contributed by atoms with Gasteiger partial charge in [0.1, 0.15) is 17.1 Å². The smallest absolute Gasteiger partial charge is 0.224 e. The van der Waals surface area contributed by atoms with E-state index in [0.717, 1.165) is 35.7 Å². The second kappa shape index (κ2) is 4.83. The molecule has 3 heterocycles. The second-order valence-electron chi connectivity index (χ2n) is 5.14. The Bertz CT molecular complexity index is 840. The highest BCUT2D eigenvalue weighted by Crippen LogP contribution is 2.24. The highest BCUT2D eigenvalue weighted by atomic mass is 16.5. The molecule has 0 amide bonds. The van der Waals surface area contributed by atoms with Gasteiger partial charge in [0.05, 0.1) is 12.6 Å². The van der Waals surface area contributed by atoms with Crippen molar-refractivity contribution in [1.29, 1.82) is 0 Å². The van der Waals surface area contributed by atoms with Gasteiger partial charge in [-0.1, -0.05) is 5.21 Å². The van der Waals surface area contributed by atoms with E-state index in [9.17, 15) is 0 Å². The zero-order valence-corrected chi connectivity index (χ0v) is 12.1. The highest BCUT2D eigenvalue weighted by molar-refractivity contribution is 5.77. The maximum atomic E-state index is 5.84. The number of nitrogens with zero attached hydrogens (tertiary/aromatic N) is 6. The van der Waals surface area contributed by atoms with Crippen molar-refractivity contribution in [2.45, 2.75) is 6.42 Å². The molecule has 0 saturated carbocycles. The lowest BCUT2D eigenvalue weighted by Gasteiger charge is -2.32. The van der Waals surface area contributed by atoms with Gasteiger partial charge >= 0.3 is 0 Å². The lowest BCUT2D eigenvalue weighted by atomic mass is 10.2. The van der Waals surface area contributed by atoms with Gasteiger partial charge in [0.2, 0.25) is 5.95 Å². The van der Waals surface area contributed by atoms with Crippen molar-refractivity contribution in [3.8, 4) is 11.6 Å². The van der Waals surface area contributed by atoms with Crippen LogP contribution in [0.25, 0.3) is 16.9 Å². The predicted molar refractivity (Wildman–Crippen MR) is 82.2 cm³/mol. The summed E-state index contributed by atoms with van der Waals surface area (Å²) in [7, 11) is 1.62. The SMILES string of the molecule is COc1ccc2c(c1)nnn2-c1cc(N2CCC2)nc(N)n1. The van der Waals surface area contributed by atoms with Crippen LogP contribution in [0.1, 0.15) is 6.42 Å². The Balaban J connectivity index is 1.82. The van der Waals surface area contributed by atoms with Crippen LogP contribution in [0.15, 0.2) is 24.3 Å². The van der Waals surface area contributed by atoms with E-state index >= 15 is 0 Å². The summed E-state index contributed by atoms with van der Waals surface area (Å²) in [4.78, 5) is 10.7. The molecular weight excluding hydrogens is 282 g/mol. The molecule has 0 aliphatic carbocycles. The highest BCUT2D eigenvalue weighted by Gasteiger charge is 2.18. The maximum absolute atomic E-state index is 5.84. The topological polar surface area (TPSA) is 95.0 Å². The molecular formula is C14H15N7O. The van der Waals surface area contributed by atoms with Crippen molar-refractivity contribution in [1.82, 2.24) is 25.0 Å². The summed E-state index contributed by atoms with van der Waals surface area (Å²) in [5.74, 6) is 2.41. The van der Waals surface area contributed by atoms with E-state index in [4.69, 9.17) is 10.5 Å². The largest absolute Gasteiger partial charge is 0.497 e. The predicted octanol–water partition coefficient (Wildman–Crippen LogP) is 1.01. The van der Waals surface area contributed by atoms with Gasteiger partial charge in [-0.05, 0) is 18.6 Å². The van der Waals surface area contributed by atoms with E-state index in [-0.39, 0.29) is 5.95 Å². The Morgan fingerprint density at radius 2 is 1.95 bits per heavy atom. The van der Waals surface area contributed by atoms with Gasteiger partial charge in [0.15, 0.2) is 5.82 Å². The van der Waals surface area contributed by atoms with Gasteiger partial charge in [-0.2, -0.15) is 14.6 Å². The van der Waals surface area contributed by atoms with Gasteiger partial charge in [-0.3, -0.25) is 0 Å². The lowest BCUT2D eigenvalue weighted by Crippen LogP contribution is -2.37. The molecule has 0 unspecified atom stereocenters. The summed E-state index contributed by atoms with van der Waals surface area (Å²) in [5, 5.41) is 8.33. The van der Waals surface area contributed by atoms with Crippen LogP contribution < -0.4 is 15.4 Å². The van der Waals surface area contributed by atoms with Crippen molar-refractivity contribution in [3.05, 3.63) is 24.3 Å². The lowest BCUT2D eigenvalue weighted by molar-refractivity contribution is 0.415. The summed E-state index contributed by atoms with van der Waals surface area (Å²) in [6, 6.07) is 7.48. The minimum absolute atomic E-state index is 0.233. The molecule has 0 atom stereocenters. The van der Waals surface area contributed by atoms with Crippen LogP contribution in [0, 0.1) is 0 Å². The fourth-order valence-corrected chi connectivity index (χ4v) is 2.46. The Kier molecular flexibility index (Phi) is 2.81. The second-order valence-corrected chi connectivity index (χ2v) is 5.14. The van der Waals surface area contributed by atoms with Crippen LogP contribution >= 0.6 is 0 Å². The van der Waals surface area contributed by atoms with E-state index in [1.807, 2.05) is 24.3 Å². The first kappa shape index (κ1) is 12.8. The van der Waals surface area contributed by atoms with Crippen LogP contribution in [0.2, 0.25) is 0 Å². The van der Waals surface area contributed by atoms with E-state index in [1.54, 1.807) is 11.8 Å². The van der Waals surface area contributed by atoms with Gasteiger partial charge in [-0.25, -0.2) is 0 Å². The van der Waals surface area contributed by atoms with Crippen molar-refractivity contribution in [2.24, 2.45) is 0 Å². The number of hydrogen-bond acceptors (Lipinski definition) is 7. The summed E-state index contributed by atoms with van der Waals surface area (Å²) < 4.78 is 6.86. The van der Waals surface area contributed by atoms with Crippen molar-refractivity contribution in [3.63, 3.8) is 0 Å². The first-order valence-corrected chi connectivity index (χ1v) is 7.04. The monoisotopic (exact) mass is 297 g/mol. The van der Waals surface area contributed by atoms with Crippen molar-refractivity contribution >= 4 is 22.8 Å². The standard InChI is InChI=1S/C14H15N7O/c1-22-9-3-4-11-10(7-9)18-19-21(11)13-8-12(16-14(15)17-13)20-5-2-6-20/h3-4,7-8H,2,5-6H2,1H3,(H2,15,16,17). The number of aromatic nitrogens is 5. The Labute approximate surface area is 126 Å². The van der Waals surface area contributed by atoms with Gasteiger partial charge in [0, 0.05) is 25.2 Å². The molecule has 8 heteroatoms. The molecule has 1 aromatic carbocycles.